The van der Waals surface area contributed by atoms with Gasteiger partial charge in [-0.2, -0.15) is 4.98 Å². The van der Waals surface area contributed by atoms with Crippen molar-refractivity contribution in [3.05, 3.63) is 65.7 Å². The van der Waals surface area contributed by atoms with Gasteiger partial charge in [0.15, 0.2) is 21.2 Å². The molecular formula is C29H30N4O4S. The summed E-state index contributed by atoms with van der Waals surface area (Å²) in [7, 11) is -1.32. The first-order chi connectivity index (χ1) is 18.2. The van der Waals surface area contributed by atoms with Crippen LogP contribution in [-0.4, -0.2) is 63.6 Å². The second kappa shape index (κ2) is 9.56. The average molecular weight is 531 g/mol. The Kier molecular flexibility index (Phi) is 6.20. The van der Waals surface area contributed by atoms with E-state index in [1.807, 2.05) is 36.4 Å². The summed E-state index contributed by atoms with van der Waals surface area (Å²) >= 11 is 0. The molecule has 0 unspecified atom stereocenters. The molecule has 0 atom stereocenters. The fourth-order valence-corrected chi connectivity index (χ4v) is 6.01. The van der Waals surface area contributed by atoms with Crippen LogP contribution < -0.4 is 10.2 Å². The maximum Gasteiger partial charge on any atom is 0.300 e. The summed E-state index contributed by atoms with van der Waals surface area (Å²) in [6, 6.07) is 17.3. The van der Waals surface area contributed by atoms with Gasteiger partial charge in [-0.25, -0.2) is 8.42 Å². The molecule has 1 aromatic heterocycles. The highest BCUT2D eigenvalue weighted by molar-refractivity contribution is 7.90. The minimum Gasteiger partial charge on any atom is -0.423 e. The maximum atomic E-state index is 12.5. The Bertz CT molecular complexity index is 1660. The molecule has 0 amide bonds. The number of Topliss-reactive ketones (excluding diaryl/α,β-unsaturated/α-hetero) is 1. The highest BCUT2D eigenvalue weighted by Gasteiger charge is 2.21. The molecule has 8 nitrogen and oxygen atoms in total. The Hall–Kier alpha value is -3.69. The van der Waals surface area contributed by atoms with E-state index in [-0.39, 0.29) is 16.7 Å². The molecule has 0 spiro atoms. The van der Waals surface area contributed by atoms with E-state index in [2.05, 4.69) is 33.2 Å². The van der Waals surface area contributed by atoms with Gasteiger partial charge in [0.25, 0.3) is 6.01 Å². The number of nitrogens with zero attached hydrogens (tertiary/aromatic N) is 3. The molecule has 2 heterocycles. The lowest BCUT2D eigenvalue weighted by atomic mass is 10.00. The van der Waals surface area contributed by atoms with E-state index in [0.717, 1.165) is 67.0 Å². The molecule has 3 aromatic carbocycles. The number of fused-ring (bicyclic) bond motifs is 2. The fourth-order valence-electron chi connectivity index (χ4n) is 5.33. The third-order valence-electron chi connectivity index (χ3n) is 7.41. The fraction of sp³-hybridized carbons (Fsp3) is 0.310. The van der Waals surface area contributed by atoms with Crippen molar-refractivity contribution in [3.8, 4) is 11.1 Å². The van der Waals surface area contributed by atoms with Crippen LogP contribution >= 0.6 is 0 Å². The predicted molar refractivity (Wildman–Crippen MR) is 149 cm³/mol. The van der Waals surface area contributed by atoms with E-state index in [9.17, 15) is 13.2 Å². The van der Waals surface area contributed by atoms with Crippen LogP contribution in [0, 0.1) is 0 Å². The third kappa shape index (κ3) is 4.79. The molecule has 196 valence electrons. The van der Waals surface area contributed by atoms with Gasteiger partial charge in [0.05, 0.1) is 4.90 Å². The molecule has 9 heteroatoms. The second-order valence-corrected chi connectivity index (χ2v) is 12.2. The van der Waals surface area contributed by atoms with Crippen molar-refractivity contribution < 1.29 is 17.6 Å². The van der Waals surface area contributed by atoms with Gasteiger partial charge in [0.1, 0.15) is 5.52 Å². The summed E-state index contributed by atoms with van der Waals surface area (Å²) in [6.07, 6.45) is 3.55. The summed E-state index contributed by atoms with van der Waals surface area (Å²) in [4.78, 5) is 21.5. The summed E-state index contributed by atoms with van der Waals surface area (Å²) in [5.41, 5.74) is 6.51. The SMILES string of the molecule is CN1CCCN(c2cc(Nc3nc4cccc(-c5ccc6c(c5)CCC6=O)c4o3)cc(S(C)(=O)=O)c2)CC1. The van der Waals surface area contributed by atoms with E-state index in [1.165, 1.54) is 6.26 Å². The van der Waals surface area contributed by atoms with Crippen molar-refractivity contribution in [3.63, 3.8) is 0 Å². The second-order valence-electron chi connectivity index (χ2n) is 10.2. The number of hydrogen-bond acceptors (Lipinski definition) is 8. The Labute approximate surface area is 222 Å². The third-order valence-corrected chi connectivity index (χ3v) is 8.50. The first kappa shape index (κ1) is 24.6. The number of aryl methyl sites for hydroxylation is 1. The molecule has 2 aliphatic rings. The molecule has 4 aromatic rings. The average Bonchev–Trinajstić information content (AvgIpc) is 3.39. The summed E-state index contributed by atoms with van der Waals surface area (Å²) in [6.45, 7) is 3.60. The standard InChI is InChI=1S/C29H30N4O4S/c1-32-11-4-12-33(14-13-32)22-16-21(17-23(18-22)38(2,35)36)30-29-31-26-6-3-5-25(28(26)37-29)20-7-9-24-19(15-20)8-10-27(24)34/h3,5-7,9,15-18H,4,8,10-14H2,1-2H3,(H,30,31). The number of aromatic nitrogens is 1. The number of sulfone groups is 1. The molecule has 38 heavy (non-hydrogen) atoms. The van der Waals surface area contributed by atoms with Crippen LogP contribution in [0.1, 0.15) is 28.8 Å². The van der Waals surface area contributed by atoms with Crippen LogP contribution in [0.15, 0.2) is 63.9 Å². The molecule has 1 saturated heterocycles. The number of para-hydroxylation sites is 1. The zero-order valence-corrected chi connectivity index (χ0v) is 22.3. The predicted octanol–water partition coefficient (Wildman–Crippen LogP) is 4.91. The molecule has 1 fully saturated rings. The zero-order chi connectivity index (χ0) is 26.4. The Balaban J connectivity index is 1.35. The van der Waals surface area contributed by atoms with Gasteiger partial charge in [-0.05, 0) is 61.8 Å². The number of carbonyl (C=O) groups excluding carboxylic acids is 1. The summed E-state index contributed by atoms with van der Waals surface area (Å²) in [5.74, 6) is 0.193. The molecule has 1 N–H and O–H groups in total. The largest absolute Gasteiger partial charge is 0.423 e. The molecule has 1 aliphatic carbocycles. The van der Waals surface area contributed by atoms with Crippen LogP contribution in [0.2, 0.25) is 0 Å². The summed E-state index contributed by atoms with van der Waals surface area (Å²) < 4.78 is 31.2. The summed E-state index contributed by atoms with van der Waals surface area (Å²) in [5, 5.41) is 3.21. The van der Waals surface area contributed by atoms with Gasteiger partial charge in [-0.15, -0.1) is 0 Å². The highest BCUT2D eigenvalue weighted by atomic mass is 32.2. The first-order valence-corrected chi connectivity index (χ1v) is 14.8. The number of oxazole rings is 1. The topological polar surface area (TPSA) is 95.8 Å². The first-order valence-electron chi connectivity index (χ1n) is 12.9. The molecular weight excluding hydrogens is 500 g/mol. The lowest BCUT2D eigenvalue weighted by molar-refractivity contribution is 0.0994. The van der Waals surface area contributed by atoms with Crippen molar-refractivity contribution in [1.29, 1.82) is 0 Å². The van der Waals surface area contributed by atoms with E-state index in [1.54, 1.807) is 12.1 Å². The lowest BCUT2D eigenvalue weighted by Gasteiger charge is -2.24. The minimum absolute atomic E-state index is 0.193. The molecule has 0 radical (unpaired) electrons. The minimum atomic E-state index is -3.43. The number of rotatable bonds is 5. The Morgan fingerprint density at radius 3 is 2.66 bits per heavy atom. The van der Waals surface area contributed by atoms with Gasteiger partial charge in [0, 0.05) is 54.8 Å². The normalized spacial score (nSPS) is 16.6. The number of ketones is 1. The quantitative estimate of drug-likeness (QED) is 0.389. The Morgan fingerprint density at radius 1 is 0.947 bits per heavy atom. The van der Waals surface area contributed by atoms with Crippen LogP contribution in [0.3, 0.4) is 0 Å². The molecule has 6 rings (SSSR count). The number of carbonyl (C=O) groups is 1. The van der Waals surface area contributed by atoms with Crippen molar-refractivity contribution in [1.82, 2.24) is 9.88 Å². The van der Waals surface area contributed by atoms with Crippen LogP contribution in [0.4, 0.5) is 17.4 Å². The van der Waals surface area contributed by atoms with Crippen LogP contribution in [0.5, 0.6) is 0 Å². The van der Waals surface area contributed by atoms with E-state index >= 15 is 0 Å². The zero-order valence-electron chi connectivity index (χ0n) is 21.5. The van der Waals surface area contributed by atoms with Gasteiger partial charge in [-0.1, -0.05) is 30.3 Å². The molecule has 0 bridgehead atoms. The van der Waals surface area contributed by atoms with Gasteiger partial charge < -0.3 is 19.5 Å². The highest BCUT2D eigenvalue weighted by Crippen LogP contribution is 2.35. The van der Waals surface area contributed by atoms with Crippen molar-refractivity contribution in [2.75, 3.05) is 49.7 Å². The number of hydrogen-bond donors (Lipinski definition) is 1. The van der Waals surface area contributed by atoms with Gasteiger partial charge in [-0.3, -0.25) is 4.79 Å². The number of benzene rings is 3. The smallest absolute Gasteiger partial charge is 0.300 e. The van der Waals surface area contributed by atoms with Gasteiger partial charge in [0.2, 0.25) is 0 Å². The van der Waals surface area contributed by atoms with E-state index in [4.69, 9.17) is 4.42 Å². The number of likely N-dealkylation sites (N-methyl/N-ethyl adjacent to an activating group) is 1. The number of nitrogens with one attached hydrogen (secondary N) is 1. The maximum absolute atomic E-state index is 12.5. The number of anilines is 3. The van der Waals surface area contributed by atoms with Crippen molar-refractivity contribution in [2.24, 2.45) is 0 Å². The van der Waals surface area contributed by atoms with Crippen molar-refractivity contribution >= 4 is 44.1 Å². The van der Waals surface area contributed by atoms with E-state index in [0.29, 0.717) is 23.2 Å². The van der Waals surface area contributed by atoms with Crippen LogP contribution in [-0.2, 0) is 16.3 Å². The molecule has 0 saturated carbocycles. The lowest BCUT2D eigenvalue weighted by Crippen LogP contribution is -2.28. The Morgan fingerprint density at radius 2 is 1.82 bits per heavy atom. The van der Waals surface area contributed by atoms with E-state index < -0.39 is 9.84 Å². The molecule has 1 aliphatic heterocycles. The van der Waals surface area contributed by atoms with Crippen molar-refractivity contribution in [2.45, 2.75) is 24.2 Å². The van der Waals surface area contributed by atoms with Crippen LogP contribution in [0.25, 0.3) is 22.2 Å². The van der Waals surface area contributed by atoms with Gasteiger partial charge >= 0.3 is 0 Å². The monoisotopic (exact) mass is 530 g/mol.